The van der Waals surface area contributed by atoms with Crippen LogP contribution in [0.2, 0.25) is 0 Å². The highest BCUT2D eigenvalue weighted by Crippen LogP contribution is 2.24. The molecule has 0 unspecified atom stereocenters. The third kappa shape index (κ3) is 3.22. The van der Waals surface area contributed by atoms with E-state index >= 15 is 0 Å². The molecule has 0 amide bonds. The van der Waals surface area contributed by atoms with Crippen molar-refractivity contribution in [2.45, 2.75) is 0 Å². The van der Waals surface area contributed by atoms with Crippen molar-refractivity contribution in [3.8, 4) is 5.75 Å². The van der Waals surface area contributed by atoms with Gasteiger partial charge < -0.3 is 4.74 Å². The number of rotatable bonds is 1. The SMILES string of the molecule is COc1ccc2ncccc2c1.c1ccc2c(c1)ccc1ccccc12. The minimum atomic E-state index is 0.871. The molecule has 0 saturated heterocycles. The highest BCUT2D eigenvalue weighted by atomic mass is 16.5. The Labute approximate surface area is 152 Å². The van der Waals surface area contributed by atoms with Crippen molar-refractivity contribution in [2.75, 3.05) is 7.11 Å². The lowest BCUT2D eigenvalue weighted by atomic mass is 10.0. The van der Waals surface area contributed by atoms with Gasteiger partial charge in [0.1, 0.15) is 5.75 Å². The smallest absolute Gasteiger partial charge is 0.119 e. The Morgan fingerprint density at radius 3 is 1.88 bits per heavy atom. The summed E-state index contributed by atoms with van der Waals surface area (Å²) >= 11 is 0. The van der Waals surface area contributed by atoms with Crippen LogP contribution >= 0.6 is 0 Å². The number of hydrogen-bond acceptors (Lipinski definition) is 2. The predicted molar refractivity (Wildman–Crippen MR) is 110 cm³/mol. The van der Waals surface area contributed by atoms with Crippen molar-refractivity contribution < 1.29 is 4.74 Å². The van der Waals surface area contributed by atoms with E-state index in [-0.39, 0.29) is 0 Å². The molecule has 0 N–H and O–H groups in total. The third-order valence-corrected chi connectivity index (χ3v) is 4.46. The fourth-order valence-electron chi connectivity index (χ4n) is 3.14. The summed E-state index contributed by atoms with van der Waals surface area (Å²) in [5.74, 6) is 0.871. The quantitative estimate of drug-likeness (QED) is 0.338. The summed E-state index contributed by atoms with van der Waals surface area (Å²) in [6.45, 7) is 0. The first-order chi connectivity index (χ1) is 12.8. The van der Waals surface area contributed by atoms with Gasteiger partial charge in [0.05, 0.1) is 12.6 Å². The van der Waals surface area contributed by atoms with Crippen LogP contribution in [0, 0.1) is 0 Å². The molecule has 2 nitrogen and oxygen atoms in total. The zero-order chi connectivity index (χ0) is 17.8. The molecule has 1 heterocycles. The molecule has 126 valence electrons. The Kier molecular flexibility index (Phi) is 4.48. The summed E-state index contributed by atoms with van der Waals surface area (Å²) in [5, 5.41) is 6.41. The number of methoxy groups -OCH3 is 1. The Bertz CT molecular complexity index is 1130. The van der Waals surface area contributed by atoms with E-state index in [4.69, 9.17) is 4.74 Å². The first-order valence-corrected chi connectivity index (χ1v) is 8.60. The van der Waals surface area contributed by atoms with Gasteiger partial charge in [-0.1, -0.05) is 66.7 Å². The maximum atomic E-state index is 5.09. The van der Waals surface area contributed by atoms with Gasteiger partial charge in [0, 0.05) is 11.6 Å². The summed E-state index contributed by atoms with van der Waals surface area (Å²) < 4.78 is 5.09. The molecule has 0 fully saturated rings. The number of ether oxygens (including phenoxy) is 1. The van der Waals surface area contributed by atoms with E-state index < -0.39 is 0 Å². The molecule has 0 aliphatic carbocycles. The number of fused-ring (bicyclic) bond motifs is 4. The molecule has 0 saturated carbocycles. The zero-order valence-corrected chi connectivity index (χ0v) is 14.6. The van der Waals surface area contributed by atoms with Crippen molar-refractivity contribution in [1.29, 1.82) is 0 Å². The van der Waals surface area contributed by atoms with Gasteiger partial charge in [-0.2, -0.15) is 0 Å². The Morgan fingerprint density at radius 2 is 1.23 bits per heavy atom. The molecule has 0 bridgehead atoms. The van der Waals surface area contributed by atoms with Crippen molar-refractivity contribution in [1.82, 2.24) is 4.98 Å². The Morgan fingerprint density at radius 1 is 0.615 bits per heavy atom. The van der Waals surface area contributed by atoms with Crippen LogP contribution in [-0.2, 0) is 0 Å². The van der Waals surface area contributed by atoms with E-state index in [9.17, 15) is 0 Å². The summed E-state index contributed by atoms with van der Waals surface area (Å²) in [6, 6.07) is 31.1. The summed E-state index contributed by atoms with van der Waals surface area (Å²) in [6.07, 6.45) is 1.79. The molecule has 0 aliphatic heterocycles. The topological polar surface area (TPSA) is 22.1 Å². The average Bonchev–Trinajstić information content (AvgIpc) is 2.74. The second-order valence-electron chi connectivity index (χ2n) is 6.07. The van der Waals surface area contributed by atoms with Crippen LogP contribution in [0.25, 0.3) is 32.4 Å². The van der Waals surface area contributed by atoms with Crippen LogP contribution in [0.1, 0.15) is 0 Å². The molecule has 0 aliphatic rings. The number of hydrogen-bond donors (Lipinski definition) is 0. The van der Waals surface area contributed by atoms with Crippen LogP contribution in [0.15, 0.2) is 97.2 Å². The average molecular weight is 337 g/mol. The van der Waals surface area contributed by atoms with Crippen molar-refractivity contribution in [3.05, 3.63) is 97.2 Å². The largest absolute Gasteiger partial charge is 0.497 e. The van der Waals surface area contributed by atoms with E-state index in [1.54, 1.807) is 13.3 Å². The first-order valence-electron chi connectivity index (χ1n) is 8.60. The minimum Gasteiger partial charge on any atom is -0.497 e. The van der Waals surface area contributed by atoms with Crippen LogP contribution in [0.4, 0.5) is 0 Å². The van der Waals surface area contributed by atoms with E-state index in [1.165, 1.54) is 21.5 Å². The Balaban J connectivity index is 0.000000131. The molecule has 0 atom stereocenters. The third-order valence-electron chi connectivity index (χ3n) is 4.46. The maximum absolute atomic E-state index is 5.09. The summed E-state index contributed by atoms with van der Waals surface area (Å²) in [4.78, 5) is 4.20. The lowest BCUT2D eigenvalue weighted by Gasteiger charge is -2.02. The number of benzene rings is 4. The van der Waals surface area contributed by atoms with Crippen molar-refractivity contribution in [3.63, 3.8) is 0 Å². The zero-order valence-electron chi connectivity index (χ0n) is 14.6. The predicted octanol–water partition coefficient (Wildman–Crippen LogP) is 6.24. The highest BCUT2D eigenvalue weighted by molar-refractivity contribution is 6.07. The maximum Gasteiger partial charge on any atom is 0.119 e. The van der Waals surface area contributed by atoms with Crippen LogP contribution in [0.5, 0.6) is 5.75 Å². The molecule has 2 heteroatoms. The van der Waals surface area contributed by atoms with E-state index in [1.807, 2.05) is 30.3 Å². The summed E-state index contributed by atoms with van der Waals surface area (Å²) in [7, 11) is 1.66. The van der Waals surface area contributed by atoms with E-state index in [0.717, 1.165) is 16.7 Å². The fraction of sp³-hybridized carbons (Fsp3) is 0.0417. The molecular weight excluding hydrogens is 318 g/mol. The van der Waals surface area contributed by atoms with Gasteiger partial charge in [0.15, 0.2) is 0 Å². The second kappa shape index (κ2) is 7.24. The number of pyridine rings is 1. The molecule has 4 aromatic carbocycles. The normalized spacial score (nSPS) is 10.5. The van der Waals surface area contributed by atoms with Crippen LogP contribution in [-0.4, -0.2) is 12.1 Å². The van der Waals surface area contributed by atoms with Gasteiger partial charge in [0.25, 0.3) is 0 Å². The fourth-order valence-corrected chi connectivity index (χ4v) is 3.14. The lowest BCUT2D eigenvalue weighted by molar-refractivity contribution is 0.415. The van der Waals surface area contributed by atoms with Gasteiger partial charge in [-0.05, 0) is 45.8 Å². The Hall–Kier alpha value is -3.39. The van der Waals surface area contributed by atoms with E-state index in [0.29, 0.717) is 0 Å². The number of aromatic nitrogens is 1. The van der Waals surface area contributed by atoms with Gasteiger partial charge in [0.2, 0.25) is 0 Å². The van der Waals surface area contributed by atoms with Gasteiger partial charge in [-0.25, -0.2) is 0 Å². The van der Waals surface area contributed by atoms with Crippen molar-refractivity contribution in [2.24, 2.45) is 0 Å². The number of nitrogens with zero attached hydrogens (tertiary/aromatic N) is 1. The molecule has 1 aromatic heterocycles. The molecule has 26 heavy (non-hydrogen) atoms. The second-order valence-corrected chi connectivity index (χ2v) is 6.07. The summed E-state index contributed by atoms with van der Waals surface area (Å²) in [5.41, 5.74) is 0.998. The molecule has 0 radical (unpaired) electrons. The van der Waals surface area contributed by atoms with E-state index in [2.05, 4.69) is 65.6 Å². The van der Waals surface area contributed by atoms with Gasteiger partial charge in [-0.3, -0.25) is 4.98 Å². The first kappa shape index (κ1) is 16.1. The standard InChI is InChI=1S/C14H10.C10H9NO/c1-3-7-13-11(5-1)9-10-12-6-2-4-8-14(12)13;1-12-9-4-5-10-8(7-9)3-2-6-11-10/h1-10H;2-7H,1H3. The molecule has 5 rings (SSSR count). The van der Waals surface area contributed by atoms with Crippen molar-refractivity contribution >= 4 is 32.4 Å². The molecule has 5 aromatic rings. The molecule has 0 spiro atoms. The lowest BCUT2D eigenvalue weighted by Crippen LogP contribution is -1.82. The minimum absolute atomic E-state index is 0.871. The van der Waals surface area contributed by atoms with Crippen LogP contribution < -0.4 is 4.74 Å². The van der Waals surface area contributed by atoms with Gasteiger partial charge >= 0.3 is 0 Å². The molecular formula is C24H19NO. The monoisotopic (exact) mass is 337 g/mol. The highest BCUT2D eigenvalue weighted by Gasteiger charge is 1.97. The van der Waals surface area contributed by atoms with Gasteiger partial charge in [-0.15, -0.1) is 0 Å². The van der Waals surface area contributed by atoms with Crippen LogP contribution in [0.3, 0.4) is 0 Å².